The summed E-state index contributed by atoms with van der Waals surface area (Å²) >= 11 is 7.21. The van der Waals surface area contributed by atoms with Crippen LogP contribution in [-0.2, 0) is 10.0 Å². The third-order valence-corrected chi connectivity index (χ3v) is 5.21. The zero-order valence-corrected chi connectivity index (χ0v) is 12.7. The molecule has 2 rings (SSSR count). The van der Waals surface area contributed by atoms with Gasteiger partial charge in [-0.1, -0.05) is 11.6 Å². The Labute approximate surface area is 120 Å². The van der Waals surface area contributed by atoms with E-state index < -0.39 is 10.0 Å². The first-order chi connectivity index (χ1) is 8.79. The largest absolute Gasteiger partial charge is 0.398 e. The molecule has 0 aliphatic rings. The van der Waals surface area contributed by atoms with E-state index in [1.807, 2.05) is 6.92 Å². The molecule has 0 atom stereocenters. The van der Waals surface area contributed by atoms with Crippen LogP contribution in [0.2, 0.25) is 5.02 Å². The molecule has 2 aromatic rings. The molecule has 19 heavy (non-hydrogen) atoms. The second-order valence-corrected chi connectivity index (χ2v) is 7.31. The number of benzene rings is 1. The fourth-order valence-corrected chi connectivity index (χ4v) is 3.97. The van der Waals surface area contributed by atoms with E-state index in [0.29, 0.717) is 10.8 Å². The van der Waals surface area contributed by atoms with E-state index in [2.05, 4.69) is 9.71 Å². The molecule has 0 bridgehead atoms. The second-order valence-electron chi connectivity index (χ2n) is 4.02. The van der Waals surface area contributed by atoms with Crippen LogP contribution in [0, 0.1) is 13.8 Å². The van der Waals surface area contributed by atoms with Gasteiger partial charge in [0.25, 0.3) is 10.0 Å². The van der Waals surface area contributed by atoms with Gasteiger partial charge in [0, 0.05) is 16.8 Å². The minimum absolute atomic E-state index is 0.0508. The quantitative estimate of drug-likeness (QED) is 0.852. The van der Waals surface area contributed by atoms with E-state index in [0.717, 1.165) is 10.4 Å². The van der Waals surface area contributed by atoms with Gasteiger partial charge in [-0.15, -0.1) is 11.3 Å². The Bertz CT molecular complexity index is 726. The fourth-order valence-electron chi connectivity index (χ4n) is 1.45. The SMILES string of the molecule is Cc1cnc(NS(=O)(=O)c2cc(N)c(C)cc2Cl)s1. The molecular formula is C11H12ClN3O2S2. The maximum Gasteiger partial charge on any atom is 0.265 e. The van der Waals surface area contributed by atoms with Crippen molar-refractivity contribution in [3.8, 4) is 0 Å². The minimum atomic E-state index is -3.78. The maximum atomic E-state index is 12.2. The Kier molecular flexibility index (Phi) is 3.71. The molecule has 0 fully saturated rings. The number of nitrogens with two attached hydrogens (primary N) is 1. The van der Waals surface area contributed by atoms with Crippen molar-refractivity contribution in [1.29, 1.82) is 0 Å². The summed E-state index contributed by atoms with van der Waals surface area (Å²) in [6.07, 6.45) is 1.59. The first kappa shape index (κ1) is 14.1. The molecule has 0 radical (unpaired) electrons. The molecule has 5 nitrogen and oxygen atoms in total. The van der Waals surface area contributed by atoms with Crippen LogP contribution in [0.1, 0.15) is 10.4 Å². The van der Waals surface area contributed by atoms with Crippen molar-refractivity contribution in [2.45, 2.75) is 18.7 Å². The summed E-state index contributed by atoms with van der Waals surface area (Å²) in [6, 6.07) is 2.87. The number of anilines is 2. The molecule has 102 valence electrons. The number of rotatable bonds is 3. The smallest absolute Gasteiger partial charge is 0.265 e. The van der Waals surface area contributed by atoms with Crippen molar-refractivity contribution in [2.24, 2.45) is 0 Å². The molecule has 0 aliphatic heterocycles. The molecule has 0 saturated carbocycles. The van der Waals surface area contributed by atoms with Gasteiger partial charge in [0.1, 0.15) is 4.90 Å². The topological polar surface area (TPSA) is 85.1 Å². The summed E-state index contributed by atoms with van der Waals surface area (Å²) in [4.78, 5) is 4.81. The van der Waals surface area contributed by atoms with Crippen LogP contribution in [0.5, 0.6) is 0 Å². The highest BCUT2D eigenvalue weighted by Crippen LogP contribution is 2.29. The summed E-state index contributed by atoms with van der Waals surface area (Å²) in [5, 5.41) is 0.431. The van der Waals surface area contributed by atoms with Crippen LogP contribution in [0.15, 0.2) is 23.2 Å². The van der Waals surface area contributed by atoms with Gasteiger partial charge in [-0.2, -0.15) is 0 Å². The second kappa shape index (κ2) is 4.99. The summed E-state index contributed by atoms with van der Waals surface area (Å²) in [7, 11) is -3.78. The molecular weight excluding hydrogens is 306 g/mol. The molecule has 8 heteroatoms. The molecule has 3 N–H and O–H groups in total. The van der Waals surface area contributed by atoms with Crippen LogP contribution in [0.4, 0.5) is 10.8 Å². The first-order valence-electron chi connectivity index (χ1n) is 5.30. The highest BCUT2D eigenvalue weighted by molar-refractivity contribution is 7.93. The lowest BCUT2D eigenvalue weighted by Gasteiger charge is -2.09. The molecule has 0 amide bonds. The van der Waals surface area contributed by atoms with E-state index in [9.17, 15) is 8.42 Å². The lowest BCUT2D eigenvalue weighted by atomic mass is 10.2. The zero-order valence-electron chi connectivity index (χ0n) is 10.3. The number of hydrogen-bond donors (Lipinski definition) is 2. The predicted octanol–water partition coefficient (Wildman–Crippen LogP) is 2.80. The molecule has 1 aromatic heterocycles. The van der Waals surface area contributed by atoms with E-state index in [-0.39, 0.29) is 9.92 Å². The Hall–Kier alpha value is -1.31. The van der Waals surface area contributed by atoms with Gasteiger partial charge in [-0.05, 0) is 31.5 Å². The summed E-state index contributed by atoms with van der Waals surface area (Å²) < 4.78 is 26.8. The Morgan fingerprint density at radius 3 is 2.63 bits per heavy atom. The fraction of sp³-hybridized carbons (Fsp3) is 0.182. The Balaban J connectivity index is 2.42. The highest BCUT2D eigenvalue weighted by atomic mass is 35.5. The molecule has 0 saturated heterocycles. The van der Waals surface area contributed by atoms with E-state index in [4.69, 9.17) is 17.3 Å². The lowest BCUT2D eigenvalue weighted by Crippen LogP contribution is -2.14. The van der Waals surface area contributed by atoms with Crippen molar-refractivity contribution in [2.75, 3.05) is 10.5 Å². The average Bonchev–Trinajstić information content (AvgIpc) is 2.68. The van der Waals surface area contributed by atoms with Gasteiger partial charge in [0.05, 0.1) is 5.02 Å². The molecule has 1 heterocycles. The molecule has 0 unspecified atom stereocenters. The zero-order chi connectivity index (χ0) is 14.2. The van der Waals surface area contributed by atoms with Gasteiger partial charge >= 0.3 is 0 Å². The van der Waals surface area contributed by atoms with Gasteiger partial charge in [-0.3, -0.25) is 4.72 Å². The minimum Gasteiger partial charge on any atom is -0.398 e. The number of thiazole rings is 1. The van der Waals surface area contributed by atoms with Crippen molar-refractivity contribution in [3.63, 3.8) is 0 Å². The predicted molar refractivity (Wildman–Crippen MR) is 78.3 cm³/mol. The van der Waals surface area contributed by atoms with Gasteiger partial charge in [-0.25, -0.2) is 13.4 Å². The number of aryl methyl sites for hydroxylation is 2. The number of aromatic nitrogens is 1. The number of nitrogens with zero attached hydrogens (tertiary/aromatic N) is 1. The average molecular weight is 318 g/mol. The third-order valence-electron chi connectivity index (χ3n) is 2.45. The number of halogens is 1. The van der Waals surface area contributed by atoms with Crippen LogP contribution in [0.25, 0.3) is 0 Å². The van der Waals surface area contributed by atoms with E-state index in [1.54, 1.807) is 13.1 Å². The summed E-state index contributed by atoms with van der Waals surface area (Å²) in [6.45, 7) is 3.60. The van der Waals surface area contributed by atoms with Crippen LogP contribution < -0.4 is 10.5 Å². The normalized spacial score (nSPS) is 11.5. The van der Waals surface area contributed by atoms with E-state index >= 15 is 0 Å². The molecule has 1 aromatic carbocycles. The highest BCUT2D eigenvalue weighted by Gasteiger charge is 2.20. The van der Waals surface area contributed by atoms with Crippen LogP contribution in [-0.4, -0.2) is 13.4 Å². The van der Waals surface area contributed by atoms with Crippen molar-refractivity contribution < 1.29 is 8.42 Å². The molecule has 0 spiro atoms. The lowest BCUT2D eigenvalue weighted by molar-refractivity contribution is 0.601. The first-order valence-corrected chi connectivity index (χ1v) is 7.98. The van der Waals surface area contributed by atoms with Gasteiger partial charge in [0.15, 0.2) is 5.13 Å². The standard InChI is InChI=1S/C11H12ClN3O2S2/c1-6-3-8(12)10(4-9(6)13)19(16,17)15-11-14-5-7(2)18-11/h3-5H,13H2,1-2H3,(H,14,15). The van der Waals surface area contributed by atoms with Crippen LogP contribution in [0.3, 0.4) is 0 Å². The van der Waals surface area contributed by atoms with Gasteiger partial charge < -0.3 is 5.73 Å². The number of hydrogen-bond acceptors (Lipinski definition) is 5. The van der Waals surface area contributed by atoms with Crippen LogP contribution >= 0.6 is 22.9 Å². The number of nitrogen functional groups attached to an aromatic ring is 1. The van der Waals surface area contributed by atoms with Crippen molar-refractivity contribution >= 4 is 43.8 Å². The maximum absolute atomic E-state index is 12.2. The van der Waals surface area contributed by atoms with Crippen molar-refractivity contribution in [1.82, 2.24) is 4.98 Å². The summed E-state index contributed by atoms with van der Waals surface area (Å²) in [5.41, 5.74) is 6.83. The van der Waals surface area contributed by atoms with Gasteiger partial charge in [0.2, 0.25) is 0 Å². The Morgan fingerprint density at radius 1 is 1.37 bits per heavy atom. The summed E-state index contributed by atoms with van der Waals surface area (Å²) in [5.74, 6) is 0. The Morgan fingerprint density at radius 2 is 2.05 bits per heavy atom. The van der Waals surface area contributed by atoms with Crippen molar-refractivity contribution in [3.05, 3.63) is 33.8 Å². The number of sulfonamides is 1. The third kappa shape index (κ3) is 2.99. The number of nitrogens with one attached hydrogen (secondary N) is 1. The monoisotopic (exact) mass is 317 g/mol. The molecule has 0 aliphatic carbocycles. The van der Waals surface area contributed by atoms with E-state index in [1.165, 1.54) is 23.5 Å².